The van der Waals surface area contributed by atoms with Crippen LogP contribution in [0.4, 0.5) is 5.69 Å². The molecule has 3 rings (SSSR count). The molecule has 2 fully saturated rings. The largest absolute Gasteiger partial charge is 0.388 e. The number of rotatable bonds is 3. The Bertz CT molecular complexity index is 443. The minimum absolute atomic E-state index is 0.324. The zero-order valence-electron chi connectivity index (χ0n) is 12.6. The quantitative estimate of drug-likeness (QED) is 0.888. The number of aliphatic hydroxyl groups excluding tert-OH is 1. The van der Waals surface area contributed by atoms with Crippen LogP contribution < -0.4 is 4.90 Å². The van der Waals surface area contributed by atoms with Crippen LogP contribution in [0.15, 0.2) is 24.3 Å². The lowest BCUT2D eigenvalue weighted by molar-refractivity contribution is 0.173. The number of benzene rings is 1. The summed E-state index contributed by atoms with van der Waals surface area (Å²) >= 11 is 0. The highest BCUT2D eigenvalue weighted by atomic mass is 16.3. The number of fused-ring (bicyclic) bond motifs is 1. The first kappa shape index (κ1) is 13.9. The second kappa shape index (κ2) is 6.17. The molecule has 1 aliphatic carbocycles. The standard InChI is InChI=1S/C18H27NO/c1-2-18(20)15-10-4-6-12-17(15)19-13-7-9-14-8-3-5-11-16(14)19/h4,6,10,12,14,16,18,20H,2-3,5,7-9,11,13H2,1H3/t14-,16-,18+/m1/s1. The van der Waals surface area contributed by atoms with E-state index in [4.69, 9.17) is 0 Å². The van der Waals surface area contributed by atoms with Crippen molar-refractivity contribution in [2.45, 2.75) is 64.0 Å². The summed E-state index contributed by atoms with van der Waals surface area (Å²) in [5.74, 6) is 0.879. The van der Waals surface area contributed by atoms with Gasteiger partial charge in [0.25, 0.3) is 0 Å². The summed E-state index contributed by atoms with van der Waals surface area (Å²) in [6.45, 7) is 3.22. The van der Waals surface area contributed by atoms with Crippen molar-refractivity contribution in [3.63, 3.8) is 0 Å². The first-order valence-corrected chi connectivity index (χ1v) is 8.35. The van der Waals surface area contributed by atoms with E-state index in [2.05, 4.69) is 36.1 Å². The van der Waals surface area contributed by atoms with Crippen molar-refractivity contribution in [3.8, 4) is 0 Å². The van der Waals surface area contributed by atoms with Crippen molar-refractivity contribution in [1.29, 1.82) is 0 Å². The molecule has 0 spiro atoms. The van der Waals surface area contributed by atoms with Gasteiger partial charge in [-0.1, -0.05) is 38.0 Å². The number of aliphatic hydroxyl groups is 1. The first-order chi connectivity index (χ1) is 9.81. The Kier molecular flexibility index (Phi) is 4.30. The Hall–Kier alpha value is -1.02. The smallest absolute Gasteiger partial charge is 0.0807 e. The highest BCUT2D eigenvalue weighted by Gasteiger charge is 2.34. The van der Waals surface area contributed by atoms with Crippen LogP contribution in [0.1, 0.15) is 63.5 Å². The zero-order valence-corrected chi connectivity index (χ0v) is 12.6. The molecule has 2 aliphatic rings. The SMILES string of the molecule is CC[C@H](O)c1ccccc1N1CCC[C@H]2CCCC[C@H]21. The van der Waals surface area contributed by atoms with Crippen LogP contribution in [0.5, 0.6) is 0 Å². The van der Waals surface area contributed by atoms with Gasteiger partial charge in [-0.3, -0.25) is 0 Å². The maximum atomic E-state index is 10.3. The van der Waals surface area contributed by atoms with Crippen LogP contribution in [0, 0.1) is 5.92 Å². The fourth-order valence-corrected chi connectivity index (χ4v) is 4.17. The lowest BCUT2D eigenvalue weighted by Crippen LogP contribution is -2.47. The van der Waals surface area contributed by atoms with Gasteiger partial charge < -0.3 is 10.0 Å². The molecule has 0 amide bonds. The Morgan fingerprint density at radius 2 is 1.90 bits per heavy atom. The molecular formula is C18H27NO. The van der Waals surface area contributed by atoms with E-state index in [1.807, 2.05) is 0 Å². The molecule has 1 aromatic carbocycles. The minimum Gasteiger partial charge on any atom is -0.388 e. The van der Waals surface area contributed by atoms with Crippen molar-refractivity contribution >= 4 is 5.69 Å². The van der Waals surface area contributed by atoms with Crippen molar-refractivity contribution in [2.75, 3.05) is 11.4 Å². The molecule has 1 saturated heterocycles. The number of anilines is 1. The lowest BCUT2D eigenvalue weighted by Gasteiger charge is -2.46. The minimum atomic E-state index is -0.324. The zero-order chi connectivity index (χ0) is 13.9. The molecule has 1 aliphatic heterocycles. The molecule has 1 saturated carbocycles. The number of para-hydroxylation sites is 1. The molecule has 1 aromatic rings. The third-order valence-electron chi connectivity index (χ3n) is 5.24. The predicted octanol–water partition coefficient (Wildman–Crippen LogP) is 4.29. The van der Waals surface area contributed by atoms with Crippen LogP contribution in [0.2, 0.25) is 0 Å². The topological polar surface area (TPSA) is 23.5 Å². The maximum absolute atomic E-state index is 10.3. The normalized spacial score (nSPS) is 28.0. The highest BCUT2D eigenvalue weighted by molar-refractivity contribution is 5.56. The van der Waals surface area contributed by atoms with E-state index >= 15 is 0 Å². The summed E-state index contributed by atoms with van der Waals surface area (Å²) in [5.41, 5.74) is 2.42. The van der Waals surface area contributed by atoms with Gasteiger partial charge >= 0.3 is 0 Å². The van der Waals surface area contributed by atoms with Crippen molar-refractivity contribution < 1.29 is 5.11 Å². The summed E-state index contributed by atoms with van der Waals surface area (Å²) in [4.78, 5) is 2.61. The van der Waals surface area contributed by atoms with Crippen LogP contribution >= 0.6 is 0 Å². The van der Waals surface area contributed by atoms with E-state index in [9.17, 15) is 5.11 Å². The van der Waals surface area contributed by atoms with Gasteiger partial charge in [0.15, 0.2) is 0 Å². The molecule has 1 N–H and O–H groups in total. The van der Waals surface area contributed by atoms with Crippen molar-refractivity contribution in [1.82, 2.24) is 0 Å². The predicted molar refractivity (Wildman–Crippen MR) is 84.0 cm³/mol. The van der Waals surface area contributed by atoms with Gasteiger partial charge in [-0.05, 0) is 44.1 Å². The van der Waals surface area contributed by atoms with E-state index in [1.165, 1.54) is 44.2 Å². The van der Waals surface area contributed by atoms with Gasteiger partial charge in [0.05, 0.1) is 6.10 Å². The van der Waals surface area contributed by atoms with Gasteiger partial charge in [0, 0.05) is 23.8 Å². The summed E-state index contributed by atoms with van der Waals surface area (Å²) < 4.78 is 0. The third kappa shape index (κ3) is 2.58. The van der Waals surface area contributed by atoms with E-state index in [0.717, 1.165) is 24.4 Å². The van der Waals surface area contributed by atoms with Gasteiger partial charge in [-0.2, -0.15) is 0 Å². The number of nitrogens with zero attached hydrogens (tertiary/aromatic N) is 1. The second-order valence-electron chi connectivity index (χ2n) is 6.43. The molecule has 0 aromatic heterocycles. The van der Waals surface area contributed by atoms with Gasteiger partial charge in [0.2, 0.25) is 0 Å². The number of hydrogen-bond acceptors (Lipinski definition) is 2. The van der Waals surface area contributed by atoms with Crippen LogP contribution in [-0.2, 0) is 0 Å². The van der Waals surface area contributed by atoms with E-state index in [-0.39, 0.29) is 6.10 Å². The van der Waals surface area contributed by atoms with E-state index in [0.29, 0.717) is 6.04 Å². The summed E-state index contributed by atoms with van der Waals surface area (Å²) in [6.07, 6.45) is 8.69. The molecule has 20 heavy (non-hydrogen) atoms. The molecule has 0 radical (unpaired) electrons. The van der Waals surface area contributed by atoms with Gasteiger partial charge in [-0.25, -0.2) is 0 Å². The van der Waals surface area contributed by atoms with E-state index in [1.54, 1.807) is 0 Å². The first-order valence-electron chi connectivity index (χ1n) is 8.35. The Morgan fingerprint density at radius 3 is 2.75 bits per heavy atom. The molecular weight excluding hydrogens is 246 g/mol. The second-order valence-corrected chi connectivity index (χ2v) is 6.43. The number of piperidine rings is 1. The fraction of sp³-hybridized carbons (Fsp3) is 0.667. The molecule has 3 atom stereocenters. The van der Waals surface area contributed by atoms with Crippen molar-refractivity contribution in [2.24, 2.45) is 5.92 Å². The lowest BCUT2D eigenvalue weighted by atomic mass is 9.78. The molecule has 2 heteroatoms. The average Bonchev–Trinajstić information content (AvgIpc) is 2.53. The van der Waals surface area contributed by atoms with Crippen LogP contribution in [-0.4, -0.2) is 17.7 Å². The maximum Gasteiger partial charge on any atom is 0.0807 e. The third-order valence-corrected chi connectivity index (χ3v) is 5.24. The Morgan fingerprint density at radius 1 is 1.15 bits per heavy atom. The summed E-state index contributed by atoms with van der Waals surface area (Å²) in [7, 11) is 0. The molecule has 0 unspecified atom stereocenters. The monoisotopic (exact) mass is 273 g/mol. The number of hydrogen-bond donors (Lipinski definition) is 1. The fourth-order valence-electron chi connectivity index (χ4n) is 4.17. The highest BCUT2D eigenvalue weighted by Crippen LogP contribution is 2.40. The average molecular weight is 273 g/mol. The molecule has 110 valence electrons. The van der Waals surface area contributed by atoms with Crippen molar-refractivity contribution in [3.05, 3.63) is 29.8 Å². The Balaban J connectivity index is 1.91. The van der Waals surface area contributed by atoms with Crippen LogP contribution in [0.25, 0.3) is 0 Å². The summed E-state index contributed by atoms with van der Waals surface area (Å²) in [6, 6.07) is 9.21. The van der Waals surface area contributed by atoms with Crippen LogP contribution in [0.3, 0.4) is 0 Å². The molecule has 0 bridgehead atoms. The van der Waals surface area contributed by atoms with Gasteiger partial charge in [-0.15, -0.1) is 0 Å². The summed E-state index contributed by atoms with van der Waals surface area (Å²) in [5, 5.41) is 10.3. The molecule has 1 heterocycles. The molecule has 2 nitrogen and oxygen atoms in total. The van der Waals surface area contributed by atoms with E-state index < -0.39 is 0 Å². The Labute approximate surface area is 122 Å². The van der Waals surface area contributed by atoms with Gasteiger partial charge in [0.1, 0.15) is 0 Å².